The molecule has 0 fully saturated rings. The molecule has 0 saturated carbocycles. The second-order valence-electron chi connectivity index (χ2n) is 4.41. The summed E-state index contributed by atoms with van der Waals surface area (Å²) in [6, 6.07) is 2.09. The Labute approximate surface area is 123 Å². The molecule has 1 amide bonds. The first-order valence-corrected chi connectivity index (χ1v) is 7.10. The number of likely N-dealkylation sites (N-methyl/N-ethyl adjacent to an activating group) is 1. The van der Waals surface area contributed by atoms with Crippen molar-refractivity contribution in [3.63, 3.8) is 0 Å². The maximum atomic E-state index is 11.6. The van der Waals surface area contributed by atoms with E-state index >= 15 is 0 Å². The fraction of sp³-hybridized carbons (Fsp3) is 0.500. The van der Waals surface area contributed by atoms with E-state index in [-0.39, 0.29) is 12.5 Å². The molecule has 0 unspecified atom stereocenters. The third kappa shape index (κ3) is 3.74. The lowest BCUT2D eigenvalue weighted by atomic mass is 10.3. The smallest absolute Gasteiger partial charge is 0.241 e. The molecule has 108 valence electrons. The van der Waals surface area contributed by atoms with E-state index < -0.39 is 0 Å². The standard InChI is InChI=1S/C12H18N6OS/c1-17(2)9(19)7-14-10-8(6-13)11(18(3)4)16-12(15-10)20-5/h7H2,1-5H3,(H,14,15,16). The first-order chi connectivity index (χ1) is 9.40. The Kier molecular flexibility index (Phi) is 5.58. The van der Waals surface area contributed by atoms with Gasteiger partial charge in [0.1, 0.15) is 11.6 Å². The van der Waals surface area contributed by atoms with Crippen molar-refractivity contribution in [2.75, 3.05) is 51.2 Å². The van der Waals surface area contributed by atoms with Crippen molar-refractivity contribution in [3.8, 4) is 6.07 Å². The number of amides is 1. The number of hydrogen-bond acceptors (Lipinski definition) is 7. The lowest BCUT2D eigenvalue weighted by Gasteiger charge is -2.17. The fourth-order valence-electron chi connectivity index (χ4n) is 1.39. The first-order valence-electron chi connectivity index (χ1n) is 5.88. The lowest BCUT2D eigenvalue weighted by molar-refractivity contribution is -0.126. The highest BCUT2D eigenvalue weighted by atomic mass is 32.2. The zero-order valence-electron chi connectivity index (χ0n) is 12.3. The van der Waals surface area contributed by atoms with Gasteiger partial charge in [-0.2, -0.15) is 5.26 Å². The van der Waals surface area contributed by atoms with Crippen molar-refractivity contribution in [2.45, 2.75) is 5.16 Å². The van der Waals surface area contributed by atoms with Crippen LogP contribution in [0.5, 0.6) is 0 Å². The Balaban J connectivity index is 3.14. The van der Waals surface area contributed by atoms with E-state index in [1.807, 2.05) is 20.4 Å². The van der Waals surface area contributed by atoms with Crippen LogP contribution in [0.15, 0.2) is 5.16 Å². The van der Waals surface area contributed by atoms with Crippen molar-refractivity contribution < 1.29 is 4.79 Å². The number of nitrogens with one attached hydrogen (secondary N) is 1. The van der Waals surface area contributed by atoms with Gasteiger partial charge in [-0.25, -0.2) is 9.97 Å². The van der Waals surface area contributed by atoms with Gasteiger partial charge in [-0.15, -0.1) is 0 Å². The van der Waals surface area contributed by atoms with Crippen molar-refractivity contribution in [1.29, 1.82) is 5.26 Å². The summed E-state index contributed by atoms with van der Waals surface area (Å²) in [7, 11) is 6.96. The summed E-state index contributed by atoms with van der Waals surface area (Å²) in [6.45, 7) is 0.0827. The second-order valence-corrected chi connectivity index (χ2v) is 5.18. The number of rotatable bonds is 5. The third-order valence-corrected chi connectivity index (χ3v) is 3.04. The quantitative estimate of drug-likeness (QED) is 0.630. The minimum atomic E-state index is -0.0930. The van der Waals surface area contributed by atoms with E-state index in [0.717, 1.165) is 0 Å². The number of nitriles is 1. The highest BCUT2D eigenvalue weighted by Crippen LogP contribution is 2.25. The number of hydrogen-bond donors (Lipinski definition) is 1. The Hall–Kier alpha value is -2.01. The average Bonchev–Trinajstić information content (AvgIpc) is 2.42. The zero-order valence-corrected chi connectivity index (χ0v) is 13.1. The van der Waals surface area contributed by atoms with Gasteiger partial charge in [0.25, 0.3) is 0 Å². The molecule has 1 rings (SSSR count). The number of aromatic nitrogens is 2. The molecule has 0 saturated heterocycles. The van der Waals surface area contributed by atoms with Crippen LogP contribution in [0.2, 0.25) is 0 Å². The number of carbonyl (C=O) groups is 1. The van der Waals surface area contributed by atoms with E-state index in [2.05, 4.69) is 21.4 Å². The molecule has 1 heterocycles. The van der Waals surface area contributed by atoms with E-state index in [4.69, 9.17) is 0 Å². The molecular formula is C12H18N6OS. The predicted octanol–water partition coefficient (Wildman–Crippen LogP) is 0.636. The molecule has 0 aromatic carbocycles. The SMILES string of the molecule is CSc1nc(NCC(=O)N(C)C)c(C#N)c(N(C)C)n1. The zero-order chi connectivity index (χ0) is 15.3. The predicted molar refractivity (Wildman–Crippen MR) is 80.0 cm³/mol. The monoisotopic (exact) mass is 294 g/mol. The molecule has 1 aromatic heterocycles. The highest BCUT2D eigenvalue weighted by molar-refractivity contribution is 7.98. The average molecular weight is 294 g/mol. The van der Waals surface area contributed by atoms with E-state index in [9.17, 15) is 10.1 Å². The topological polar surface area (TPSA) is 85.2 Å². The molecule has 0 bridgehead atoms. The summed E-state index contributed by atoms with van der Waals surface area (Å²) in [6.07, 6.45) is 1.86. The highest BCUT2D eigenvalue weighted by Gasteiger charge is 2.16. The molecule has 7 nitrogen and oxygen atoms in total. The maximum absolute atomic E-state index is 11.6. The Morgan fingerprint density at radius 2 is 2.00 bits per heavy atom. The number of thioether (sulfide) groups is 1. The minimum Gasteiger partial charge on any atom is -0.361 e. The van der Waals surface area contributed by atoms with Gasteiger partial charge in [0.15, 0.2) is 16.8 Å². The summed E-state index contributed by atoms with van der Waals surface area (Å²) >= 11 is 1.38. The molecule has 0 radical (unpaired) electrons. The summed E-state index contributed by atoms with van der Waals surface area (Å²) in [5.41, 5.74) is 0.333. The third-order valence-electron chi connectivity index (χ3n) is 2.49. The second kappa shape index (κ2) is 6.96. The van der Waals surface area contributed by atoms with Gasteiger partial charge in [0.2, 0.25) is 5.91 Å². The Bertz CT molecular complexity index is 537. The van der Waals surface area contributed by atoms with Crippen LogP contribution in [0.4, 0.5) is 11.6 Å². The molecule has 0 atom stereocenters. The first kappa shape index (κ1) is 16.0. The van der Waals surface area contributed by atoms with E-state index in [1.54, 1.807) is 19.0 Å². The van der Waals surface area contributed by atoms with E-state index in [0.29, 0.717) is 22.4 Å². The summed E-state index contributed by atoms with van der Waals surface area (Å²) in [5.74, 6) is 0.821. The van der Waals surface area contributed by atoms with Crippen molar-refractivity contribution in [3.05, 3.63) is 5.56 Å². The van der Waals surface area contributed by atoms with Crippen LogP contribution in [0.25, 0.3) is 0 Å². The van der Waals surface area contributed by atoms with Gasteiger partial charge < -0.3 is 15.1 Å². The molecule has 0 spiro atoms. The fourth-order valence-corrected chi connectivity index (χ4v) is 1.75. The van der Waals surface area contributed by atoms with Gasteiger partial charge in [-0.05, 0) is 6.26 Å². The molecule has 0 aliphatic heterocycles. The number of carbonyl (C=O) groups excluding carboxylic acids is 1. The van der Waals surface area contributed by atoms with Gasteiger partial charge in [0.05, 0.1) is 6.54 Å². The Morgan fingerprint density at radius 3 is 2.45 bits per heavy atom. The van der Waals surface area contributed by atoms with Crippen LogP contribution in [0.3, 0.4) is 0 Å². The van der Waals surface area contributed by atoms with Crippen LogP contribution in [0, 0.1) is 11.3 Å². The van der Waals surface area contributed by atoms with Crippen molar-refractivity contribution >= 4 is 29.3 Å². The van der Waals surface area contributed by atoms with Gasteiger partial charge in [-0.3, -0.25) is 4.79 Å². The maximum Gasteiger partial charge on any atom is 0.241 e. The number of nitrogens with zero attached hydrogens (tertiary/aromatic N) is 5. The van der Waals surface area contributed by atoms with Crippen molar-refractivity contribution in [1.82, 2.24) is 14.9 Å². The minimum absolute atomic E-state index is 0.0827. The van der Waals surface area contributed by atoms with Crippen LogP contribution < -0.4 is 10.2 Å². The largest absolute Gasteiger partial charge is 0.361 e. The van der Waals surface area contributed by atoms with Gasteiger partial charge >= 0.3 is 0 Å². The summed E-state index contributed by atoms with van der Waals surface area (Å²) in [4.78, 5) is 23.4. The molecule has 1 aromatic rings. The van der Waals surface area contributed by atoms with Crippen molar-refractivity contribution in [2.24, 2.45) is 0 Å². The normalized spacial score (nSPS) is 9.80. The molecule has 0 aliphatic rings. The molecule has 8 heteroatoms. The van der Waals surface area contributed by atoms with Crippen LogP contribution >= 0.6 is 11.8 Å². The Morgan fingerprint density at radius 1 is 1.35 bits per heavy atom. The molecule has 20 heavy (non-hydrogen) atoms. The van der Waals surface area contributed by atoms with Crippen LogP contribution in [0.1, 0.15) is 5.56 Å². The summed E-state index contributed by atoms with van der Waals surface area (Å²) in [5, 5.41) is 12.7. The van der Waals surface area contributed by atoms with Gasteiger partial charge in [0, 0.05) is 28.2 Å². The summed E-state index contributed by atoms with van der Waals surface area (Å²) < 4.78 is 0. The molecular weight excluding hydrogens is 276 g/mol. The van der Waals surface area contributed by atoms with E-state index in [1.165, 1.54) is 16.7 Å². The van der Waals surface area contributed by atoms with Crippen LogP contribution in [-0.2, 0) is 4.79 Å². The molecule has 1 N–H and O–H groups in total. The van der Waals surface area contributed by atoms with Crippen LogP contribution in [-0.4, -0.2) is 61.8 Å². The number of anilines is 2. The molecule has 0 aliphatic carbocycles. The van der Waals surface area contributed by atoms with Gasteiger partial charge in [-0.1, -0.05) is 11.8 Å². The lowest BCUT2D eigenvalue weighted by Crippen LogP contribution is -2.29.